The zero-order valence-electron chi connectivity index (χ0n) is 17.2. The molecule has 0 aliphatic carbocycles. The van der Waals surface area contributed by atoms with Crippen molar-refractivity contribution in [2.45, 2.75) is 6.92 Å². The van der Waals surface area contributed by atoms with Crippen molar-refractivity contribution in [3.63, 3.8) is 0 Å². The summed E-state index contributed by atoms with van der Waals surface area (Å²) in [5.74, 6) is -1.86. The Kier molecular flexibility index (Phi) is 5.81. The Balaban J connectivity index is 1.77. The highest BCUT2D eigenvalue weighted by Gasteiger charge is 2.17. The molecular formula is C23H17F2N5O3. The fourth-order valence-corrected chi connectivity index (χ4v) is 3.38. The Labute approximate surface area is 186 Å². The molecule has 0 bridgehead atoms. The molecule has 1 amide bonds. The van der Waals surface area contributed by atoms with E-state index in [1.54, 1.807) is 24.3 Å². The number of nitrogens with zero attached hydrogens (tertiary/aromatic N) is 2. The van der Waals surface area contributed by atoms with Crippen molar-refractivity contribution in [1.82, 2.24) is 10.2 Å². The molecule has 33 heavy (non-hydrogen) atoms. The number of hydrogen-bond acceptors (Lipinski definition) is 5. The summed E-state index contributed by atoms with van der Waals surface area (Å²) >= 11 is 0. The molecule has 0 aliphatic rings. The van der Waals surface area contributed by atoms with Crippen LogP contribution in [0.1, 0.15) is 6.92 Å². The molecule has 0 aliphatic heterocycles. The summed E-state index contributed by atoms with van der Waals surface area (Å²) in [5.41, 5.74) is 2.33. The lowest BCUT2D eigenvalue weighted by atomic mass is 10.0. The molecule has 166 valence electrons. The van der Waals surface area contributed by atoms with Crippen molar-refractivity contribution in [1.29, 1.82) is 0 Å². The van der Waals surface area contributed by atoms with Gasteiger partial charge in [-0.2, -0.15) is 5.10 Å². The van der Waals surface area contributed by atoms with Crippen molar-refractivity contribution in [2.75, 3.05) is 10.6 Å². The summed E-state index contributed by atoms with van der Waals surface area (Å²) in [5, 5.41) is 23.9. The minimum atomic E-state index is -0.782. The van der Waals surface area contributed by atoms with Gasteiger partial charge in [0.05, 0.1) is 10.6 Å². The number of carbonyl (C=O) groups excluding carboxylic acids is 1. The van der Waals surface area contributed by atoms with Crippen LogP contribution in [0.2, 0.25) is 0 Å². The highest BCUT2D eigenvalue weighted by Crippen LogP contribution is 2.35. The molecule has 8 nitrogen and oxygen atoms in total. The standard InChI is InChI=1S/C23H17F2N5O3/c1-13(31)27-17-8-15(19-4-3-16(24)11-20(19)25)9-18(12-17)28-22-5-2-14(10-23(22)30(32)33)21-6-7-26-29-21/h2-12,28H,1H3,(H,26,29)(H,27,31). The quantitative estimate of drug-likeness (QED) is 0.261. The van der Waals surface area contributed by atoms with Crippen LogP contribution < -0.4 is 10.6 Å². The first kappa shape index (κ1) is 21.6. The smallest absolute Gasteiger partial charge is 0.293 e. The molecule has 0 unspecified atom stereocenters. The van der Waals surface area contributed by atoms with Crippen molar-refractivity contribution < 1.29 is 18.5 Å². The minimum Gasteiger partial charge on any atom is -0.350 e. The highest BCUT2D eigenvalue weighted by atomic mass is 19.1. The van der Waals surface area contributed by atoms with Gasteiger partial charge in [-0.15, -0.1) is 0 Å². The molecule has 0 spiro atoms. The summed E-state index contributed by atoms with van der Waals surface area (Å²) in [7, 11) is 0. The Morgan fingerprint density at radius 1 is 1.00 bits per heavy atom. The second-order valence-corrected chi connectivity index (χ2v) is 7.19. The predicted molar refractivity (Wildman–Crippen MR) is 120 cm³/mol. The second-order valence-electron chi connectivity index (χ2n) is 7.19. The number of nitro benzene ring substituents is 1. The topological polar surface area (TPSA) is 113 Å². The zero-order valence-corrected chi connectivity index (χ0v) is 17.2. The number of H-pyrrole nitrogens is 1. The van der Waals surface area contributed by atoms with Gasteiger partial charge in [0.25, 0.3) is 5.69 Å². The molecule has 4 aromatic rings. The van der Waals surface area contributed by atoms with E-state index in [1.165, 1.54) is 37.4 Å². The van der Waals surface area contributed by atoms with Gasteiger partial charge in [0, 0.05) is 47.8 Å². The average Bonchev–Trinajstić information content (AvgIpc) is 3.28. The van der Waals surface area contributed by atoms with Crippen LogP contribution in [0.15, 0.2) is 66.9 Å². The Morgan fingerprint density at radius 2 is 1.79 bits per heavy atom. The highest BCUT2D eigenvalue weighted by molar-refractivity contribution is 5.91. The summed E-state index contributed by atoms with van der Waals surface area (Å²) in [4.78, 5) is 22.8. The third kappa shape index (κ3) is 4.85. The van der Waals surface area contributed by atoms with E-state index in [4.69, 9.17) is 0 Å². The van der Waals surface area contributed by atoms with E-state index in [2.05, 4.69) is 20.8 Å². The number of hydrogen-bond donors (Lipinski definition) is 3. The van der Waals surface area contributed by atoms with Gasteiger partial charge in [-0.05, 0) is 48.0 Å². The number of halogens is 2. The van der Waals surface area contributed by atoms with Gasteiger partial charge in [0.15, 0.2) is 0 Å². The fraction of sp³-hybridized carbons (Fsp3) is 0.0435. The maximum absolute atomic E-state index is 14.4. The van der Waals surface area contributed by atoms with Gasteiger partial charge in [-0.25, -0.2) is 8.78 Å². The van der Waals surface area contributed by atoms with Crippen molar-refractivity contribution >= 4 is 28.7 Å². The van der Waals surface area contributed by atoms with Crippen LogP contribution in [0.3, 0.4) is 0 Å². The third-order valence-electron chi connectivity index (χ3n) is 4.78. The monoisotopic (exact) mass is 449 g/mol. The molecule has 0 fully saturated rings. The van der Waals surface area contributed by atoms with Gasteiger partial charge in [0.2, 0.25) is 5.91 Å². The van der Waals surface area contributed by atoms with Gasteiger partial charge in [0.1, 0.15) is 17.3 Å². The lowest BCUT2D eigenvalue weighted by Crippen LogP contribution is -2.06. The van der Waals surface area contributed by atoms with Gasteiger partial charge in [-0.1, -0.05) is 6.07 Å². The van der Waals surface area contributed by atoms with Crippen LogP contribution >= 0.6 is 0 Å². The first-order chi connectivity index (χ1) is 15.8. The maximum atomic E-state index is 14.4. The fourth-order valence-electron chi connectivity index (χ4n) is 3.38. The Bertz CT molecular complexity index is 1360. The Morgan fingerprint density at radius 3 is 2.45 bits per heavy atom. The van der Waals surface area contributed by atoms with Crippen LogP contribution in [0, 0.1) is 21.7 Å². The van der Waals surface area contributed by atoms with E-state index in [1.807, 2.05) is 0 Å². The van der Waals surface area contributed by atoms with E-state index in [9.17, 15) is 23.7 Å². The largest absolute Gasteiger partial charge is 0.350 e. The predicted octanol–water partition coefficient (Wildman–Crippen LogP) is 5.63. The number of benzene rings is 3. The summed E-state index contributed by atoms with van der Waals surface area (Å²) in [6.45, 7) is 1.32. The second kappa shape index (κ2) is 8.87. The van der Waals surface area contributed by atoms with Crippen LogP contribution in [0.25, 0.3) is 22.4 Å². The average molecular weight is 449 g/mol. The number of nitrogens with one attached hydrogen (secondary N) is 3. The molecule has 0 saturated heterocycles. The number of amides is 1. The molecule has 3 N–H and O–H groups in total. The normalized spacial score (nSPS) is 10.6. The molecule has 10 heteroatoms. The molecule has 1 aromatic heterocycles. The number of aromatic nitrogens is 2. The number of anilines is 3. The number of aromatic amines is 1. The number of rotatable bonds is 6. The van der Waals surface area contributed by atoms with E-state index >= 15 is 0 Å². The maximum Gasteiger partial charge on any atom is 0.293 e. The third-order valence-corrected chi connectivity index (χ3v) is 4.78. The van der Waals surface area contributed by atoms with E-state index in [0.29, 0.717) is 28.2 Å². The molecule has 4 rings (SSSR count). The number of carbonyl (C=O) groups is 1. The van der Waals surface area contributed by atoms with Crippen molar-refractivity contribution in [3.05, 3.63) is 88.6 Å². The van der Waals surface area contributed by atoms with E-state index in [-0.39, 0.29) is 22.8 Å². The van der Waals surface area contributed by atoms with Crippen LogP contribution in [0.5, 0.6) is 0 Å². The zero-order chi connectivity index (χ0) is 23.5. The Hall–Kier alpha value is -4.60. The van der Waals surface area contributed by atoms with E-state index in [0.717, 1.165) is 12.1 Å². The molecular weight excluding hydrogens is 432 g/mol. The lowest BCUT2D eigenvalue weighted by molar-refractivity contribution is -0.383. The summed E-state index contributed by atoms with van der Waals surface area (Å²) in [6.07, 6.45) is 1.54. The minimum absolute atomic E-state index is 0.107. The SMILES string of the molecule is CC(=O)Nc1cc(Nc2ccc(-c3ccn[nH]3)cc2[N+](=O)[O-])cc(-c2ccc(F)cc2F)c1. The van der Waals surface area contributed by atoms with E-state index < -0.39 is 16.6 Å². The van der Waals surface area contributed by atoms with Crippen LogP contribution in [-0.4, -0.2) is 21.0 Å². The molecule has 0 saturated carbocycles. The summed E-state index contributed by atoms with van der Waals surface area (Å²) in [6, 6.07) is 14.1. The van der Waals surface area contributed by atoms with Crippen LogP contribution in [-0.2, 0) is 4.79 Å². The van der Waals surface area contributed by atoms with Gasteiger partial charge in [-0.3, -0.25) is 20.0 Å². The molecule has 1 heterocycles. The first-order valence-corrected chi connectivity index (χ1v) is 9.73. The molecule has 0 radical (unpaired) electrons. The summed E-state index contributed by atoms with van der Waals surface area (Å²) < 4.78 is 27.7. The van der Waals surface area contributed by atoms with Gasteiger partial charge < -0.3 is 10.6 Å². The number of nitro groups is 1. The molecule has 3 aromatic carbocycles. The first-order valence-electron chi connectivity index (χ1n) is 9.73. The van der Waals surface area contributed by atoms with Crippen LogP contribution in [0.4, 0.5) is 31.5 Å². The van der Waals surface area contributed by atoms with Crippen molar-refractivity contribution in [3.8, 4) is 22.4 Å². The van der Waals surface area contributed by atoms with Crippen molar-refractivity contribution in [2.24, 2.45) is 0 Å². The molecule has 0 atom stereocenters. The van der Waals surface area contributed by atoms with Gasteiger partial charge >= 0.3 is 0 Å². The lowest BCUT2D eigenvalue weighted by Gasteiger charge is -2.13.